The van der Waals surface area contributed by atoms with E-state index >= 15 is 0 Å². The highest BCUT2D eigenvalue weighted by Crippen LogP contribution is 2.41. The first-order chi connectivity index (χ1) is 11.3. The maximum Gasteiger partial charge on any atom is 0.495 e. The zero-order valence-electron chi connectivity index (χ0n) is 15.1. The highest BCUT2D eigenvalue weighted by atomic mass is 32.2. The third kappa shape index (κ3) is 3.28. The van der Waals surface area contributed by atoms with Crippen molar-refractivity contribution in [3.05, 3.63) is 53.4 Å². The van der Waals surface area contributed by atoms with Crippen LogP contribution in [0, 0.1) is 0 Å². The van der Waals surface area contributed by atoms with Crippen LogP contribution in [0.2, 0.25) is 0 Å². The van der Waals surface area contributed by atoms with Crippen LogP contribution in [0.5, 0.6) is 0 Å². The van der Waals surface area contributed by atoms with E-state index in [2.05, 4.69) is 82.5 Å². The van der Waals surface area contributed by atoms with Gasteiger partial charge in [0, 0.05) is 0 Å². The van der Waals surface area contributed by atoms with Gasteiger partial charge < -0.3 is 9.31 Å². The van der Waals surface area contributed by atoms with Crippen LogP contribution in [-0.4, -0.2) is 24.1 Å². The lowest BCUT2D eigenvalue weighted by Gasteiger charge is -2.32. The summed E-state index contributed by atoms with van der Waals surface area (Å²) in [7, 11) is -0.338. The summed E-state index contributed by atoms with van der Waals surface area (Å²) in [5.41, 5.74) is 1.61. The van der Waals surface area contributed by atoms with E-state index in [9.17, 15) is 0 Å². The molecule has 1 aliphatic heterocycles. The molecule has 0 spiro atoms. The Morgan fingerprint density at radius 2 is 1.62 bits per heavy atom. The Morgan fingerprint density at radius 3 is 2.25 bits per heavy atom. The lowest BCUT2D eigenvalue weighted by molar-refractivity contribution is 0.00578. The van der Waals surface area contributed by atoms with E-state index in [1.807, 2.05) is 0 Å². The zero-order valence-corrected chi connectivity index (χ0v) is 15.9. The van der Waals surface area contributed by atoms with Crippen molar-refractivity contribution in [2.45, 2.75) is 45.8 Å². The summed E-state index contributed by atoms with van der Waals surface area (Å²) in [5.74, 6) is 1.02. The average Bonchev–Trinajstić information content (AvgIpc) is 2.75. The van der Waals surface area contributed by atoms with Crippen molar-refractivity contribution in [3.63, 3.8) is 0 Å². The summed E-state index contributed by atoms with van der Waals surface area (Å²) in [5, 5.41) is 4.67. The normalized spacial score (nSPS) is 19.9. The Morgan fingerprint density at radius 1 is 1.00 bits per heavy atom. The maximum atomic E-state index is 6.29. The molecule has 1 fully saturated rings. The van der Waals surface area contributed by atoms with E-state index in [1.165, 1.54) is 10.8 Å². The van der Waals surface area contributed by atoms with Gasteiger partial charge in [-0.25, -0.2) is 0 Å². The largest absolute Gasteiger partial charge is 0.495 e. The highest BCUT2D eigenvalue weighted by Gasteiger charge is 2.52. The second kappa shape index (κ2) is 6.59. The topological polar surface area (TPSA) is 18.5 Å². The Labute approximate surface area is 149 Å². The molecule has 0 unspecified atom stereocenters. The fourth-order valence-corrected chi connectivity index (χ4v) is 3.37. The molecule has 3 rings (SSSR count). The summed E-state index contributed by atoms with van der Waals surface area (Å²) in [6.45, 7) is 10.5. The van der Waals surface area contributed by atoms with Crippen LogP contribution < -0.4 is 0 Å². The number of thioether (sulfide) groups is 1. The Bertz CT molecular complexity index is 751. The van der Waals surface area contributed by atoms with Crippen LogP contribution in [0.4, 0.5) is 0 Å². The highest BCUT2D eigenvalue weighted by molar-refractivity contribution is 8.02. The van der Waals surface area contributed by atoms with Crippen molar-refractivity contribution >= 4 is 35.1 Å². The minimum atomic E-state index is -0.338. The molecule has 2 nitrogen and oxygen atoms in total. The van der Waals surface area contributed by atoms with Crippen molar-refractivity contribution in [1.29, 1.82) is 0 Å². The van der Waals surface area contributed by atoms with Gasteiger partial charge in [0.1, 0.15) is 0 Å². The molecule has 24 heavy (non-hydrogen) atoms. The van der Waals surface area contributed by atoms with Gasteiger partial charge in [-0.05, 0) is 66.7 Å². The van der Waals surface area contributed by atoms with Crippen molar-refractivity contribution < 1.29 is 9.31 Å². The number of rotatable bonds is 4. The van der Waals surface area contributed by atoms with Gasteiger partial charge in [0.25, 0.3) is 0 Å². The van der Waals surface area contributed by atoms with Crippen molar-refractivity contribution in [2.75, 3.05) is 5.75 Å². The van der Waals surface area contributed by atoms with Crippen LogP contribution in [0.3, 0.4) is 0 Å². The maximum absolute atomic E-state index is 6.29. The summed E-state index contributed by atoms with van der Waals surface area (Å²) in [4.78, 5) is 0. The molecule has 0 amide bonds. The first-order valence-electron chi connectivity index (χ1n) is 8.50. The first kappa shape index (κ1) is 17.6. The molecule has 126 valence electrons. The summed E-state index contributed by atoms with van der Waals surface area (Å²) in [6, 6.07) is 15.0. The number of hydrogen-bond donors (Lipinski definition) is 0. The lowest BCUT2D eigenvalue weighted by atomic mass is 9.75. The SMILES string of the molecule is CCS/C=C(\B1OC(C)(C)C(C)(C)O1)c1ccc2ccccc2c1. The van der Waals surface area contributed by atoms with E-state index in [0.29, 0.717) is 0 Å². The fraction of sp³-hybridized carbons (Fsp3) is 0.400. The third-order valence-corrected chi connectivity index (χ3v) is 5.72. The molecule has 0 atom stereocenters. The molecule has 4 heteroatoms. The van der Waals surface area contributed by atoms with Crippen LogP contribution in [-0.2, 0) is 9.31 Å². The van der Waals surface area contributed by atoms with E-state index in [0.717, 1.165) is 16.8 Å². The lowest BCUT2D eigenvalue weighted by Crippen LogP contribution is -2.41. The molecule has 1 heterocycles. The van der Waals surface area contributed by atoms with Crippen molar-refractivity contribution in [2.24, 2.45) is 0 Å². The minimum absolute atomic E-state index is 0.329. The minimum Gasteiger partial charge on any atom is -0.399 e. The number of hydrogen-bond acceptors (Lipinski definition) is 3. The molecular weight excluding hydrogens is 315 g/mol. The molecule has 0 aromatic heterocycles. The Balaban J connectivity index is 2.00. The Kier molecular flexibility index (Phi) is 4.83. The molecule has 0 aliphatic carbocycles. The van der Waals surface area contributed by atoms with Gasteiger partial charge in [-0.2, -0.15) is 0 Å². The van der Waals surface area contributed by atoms with Gasteiger partial charge in [0.05, 0.1) is 11.2 Å². The molecule has 1 saturated heterocycles. The second-order valence-electron chi connectivity index (χ2n) is 7.18. The number of benzene rings is 2. The first-order valence-corrected chi connectivity index (χ1v) is 9.55. The summed E-state index contributed by atoms with van der Waals surface area (Å²) in [6.07, 6.45) is 0. The monoisotopic (exact) mass is 340 g/mol. The second-order valence-corrected chi connectivity index (χ2v) is 8.33. The van der Waals surface area contributed by atoms with Gasteiger partial charge in [-0.3, -0.25) is 0 Å². The van der Waals surface area contributed by atoms with Crippen LogP contribution >= 0.6 is 11.8 Å². The third-order valence-electron chi connectivity index (χ3n) is 4.97. The van der Waals surface area contributed by atoms with Crippen LogP contribution in [0.15, 0.2) is 47.9 Å². The summed E-state index contributed by atoms with van der Waals surface area (Å²) >= 11 is 1.78. The van der Waals surface area contributed by atoms with E-state index in [4.69, 9.17) is 9.31 Å². The molecule has 0 radical (unpaired) electrons. The fourth-order valence-electron chi connectivity index (χ4n) is 2.77. The average molecular weight is 340 g/mol. The van der Waals surface area contributed by atoms with Gasteiger partial charge in [-0.15, -0.1) is 11.8 Å². The predicted molar refractivity (Wildman–Crippen MR) is 106 cm³/mol. The van der Waals surface area contributed by atoms with Gasteiger partial charge in [0.15, 0.2) is 0 Å². The quantitative estimate of drug-likeness (QED) is 0.679. The zero-order chi connectivity index (χ0) is 17.4. The molecule has 0 bridgehead atoms. The number of fused-ring (bicyclic) bond motifs is 1. The molecule has 0 saturated carbocycles. The molecular formula is C20H25BO2S. The summed E-state index contributed by atoms with van der Waals surface area (Å²) < 4.78 is 12.6. The predicted octanol–water partition coefficient (Wildman–Crippen LogP) is 5.57. The smallest absolute Gasteiger partial charge is 0.399 e. The van der Waals surface area contributed by atoms with Crippen molar-refractivity contribution in [3.8, 4) is 0 Å². The van der Waals surface area contributed by atoms with E-state index in [-0.39, 0.29) is 18.3 Å². The molecule has 1 aliphatic rings. The standard InChI is InChI=1S/C20H25BO2S/c1-6-24-14-18(21-22-19(2,3)20(4,5)23-21)17-12-11-15-9-7-8-10-16(15)13-17/h7-14H,6H2,1-5H3/b18-14-. The molecule has 2 aromatic carbocycles. The molecule has 2 aromatic rings. The van der Waals surface area contributed by atoms with Crippen molar-refractivity contribution in [1.82, 2.24) is 0 Å². The van der Waals surface area contributed by atoms with E-state index in [1.54, 1.807) is 11.8 Å². The van der Waals surface area contributed by atoms with Crippen LogP contribution in [0.1, 0.15) is 40.2 Å². The van der Waals surface area contributed by atoms with Gasteiger partial charge in [-0.1, -0.05) is 43.3 Å². The van der Waals surface area contributed by atoms with Gasteiger partial charge >= 0.3 is 7.12 Å². The van der Waals surface area contributed by atoms with Crippen LogP contribution in [0.25, 0.3) is 16.2 Å². The Hall–Kier alpha value is -1.23. The van der Waals surface area contributed by atoms with E-state index < -0.39 is 0 Å². The molecule has 0 N–H and O–H groups in total. The van der Waals surface area contributed by atoms with Gasteiger partial charge in [0.2, 0.25) is 0 Å².